The third kappa shape index (κ3) is 2.26. The van der Waals surface area contributed by atoms with Crippen LogP contribution in [0.5, 0.6) is 0 Å². The summed E-state index contributed by atoms with van der Waals surface area (Å²) < 4.78 is 0. The van der Waals surface area contributed by atoms with Crippen molar-refractivity contribution in [2.45, 2.75) is 31.3 Å². The summed E-state index contributed by atoms with van der Waals surface area (Å²) in [5, 5.41) is 3.53. The molecular formula is C14H20N4O. The number of nitrogens with zero attached hydrogens (tertiary/aromatic N) is 1. The maximum Gasteiger partial charge on any atom is 0.250 e. The first-order chi connectivity index (χ1) is 9.15. The van der Waals surface area contributed by atoms with Crippen LogP contribution in [0, 0.1) is 0 Å². The monoisotopic (exact) mass is 260 g/mol. The molecule has 0 spiro atoms. The third-order valence-corrected chi connectivity index (χ3v) is 4.28. The fraction of sp³-hybridized carbons (Fsp3) is 0.500. The predicted octanol–water partition coefficient (Wildman–Crippen LogP) is 1.02. The molecule has 2 aliphatic heterocycles. The highest BCUT2D eigenvalue weighted by Crippen LogP contribution is 2.30. The van der Waals surface area contributed by atoms with E-state index in [0.717, 1.165) is 12.1 Å². The summed E-state index contributed by atoms with van der Waals surface area (Å²) in [6.45, 7) is 2.39. The molecule has 3 rings (SSSR count). The minimum Gasteiger partial charge on any atom is -0.398 e. The van der Waals surface area contributed by atoms with Gasteiger partial charge in [-0.3, -0.25) is 9.69 Å². The Morgan fingerprint density at radius 1 is 1.32 bits per heavy atom. The lowest BCUT2D eigenvalue weighted by Crippen LogP contribution is -2.33. The SMILES string of the molecule is NC(=O)c1cc(NC2CCN3CCCC23)ccc1N. The summed E-state index contributed by atoms with van der Waals surface area (Å²) >= 11 is 0. The maximum atomic E-state index is 11.3. The summed E-state index contributed by atoms with van der Waals surface area (Å²) in [7, 11) is 0. The number of amides is 1. The van der Waals surface area contributed by atoms with Gasteiger partial charge in [0.1, 0.15) is 0 Å². The second-order valence-electron chi connectivity index (χ2n) is 5.45. The van der Waals surface area contributed by atoms with Crippen LogP contribution in [-0.4, -0.2) is 36.0 Å². The Morgan fingerprint density at radius 2 is 2.16 bits per heavy atom. The van der Waals surface area contributed by atoms with Crippen molar-refractivity contribution < 1.29 is 4.79 Å². The summed E-state index contributed by atoms with van der Waals surface area (Å²) in [6.07, 6.45) is 3.70. The molecule has 0 aliphatic carbocycles. The molecule has 5 N–H and O–H groups in total. The Labute approximate surface area is 112 Å². The third-order valence-electron chi connectivity index (χ3n) is 4.28. The van der Waals surface area contributed by atoms with Gasteiger partial charge in [0, 0.05) is 30.0 Å². The minimum atomic E-state index is -0.477. The van der Waals surface area contributed by atoms with E-state index in [-0.39, 0.29) is 0 Å². The molecule has 5 nitrogen and oxygen atoms in total. The van der Waals surface area contributed by atoms with Crippen LogP contribution in [0.4, 0.5) is 11.4 Å². The van der Waals surface area contributed by atoms with Gasteiger partial charge in [-0.1, -0.05) is 0 Å². The number of nitrogen functional groups attached to an aromatic ring is 1. The van der Waals surface area contributed by atoms with E-state index in [4.69, 9.17) is 11.5 Å². The van der Waals surface area contributed by atoms with E-state index in [1.54, 1.807) is 12.1 Å². The zero-order chi connectivity index (χ0) is 13.4. The summed E-state index contributed by atoms with van der Waals surface area (Å²) in [4.78, 5) is 13.8. The molecule has 0 bridgehead atoms. The van der Waals surface area contributed by atoms with Crippen LogP contribution in [0.1, 0.15) is 29.6 Å². The maximum absolute atomic E-state index is 11.3. The first-order valence-corrected chi connectivity index (χ1v) is 6.85. The number of nitrogens with two attached hydrogens (primary N) is 2. The molecule has 2 fully saturated rings. The summed E-state index contributed by atoms with van der Waals surface area (Å²) in [6, 6.07) is 6.51. The van der Waals surface area contributed by atoms with E-state index in [1.165, 1.54) is 25.9 Å². The van der Waals surface area contributed by atoms with Crippen molar-refractivity contribution >= 4 is 17.3 Å². The fourth-order valence-electron chi connectivity index (χ4n) is 3.32. The number of primary amides is 1. The van der Waals surface area contributed by atoms with E-state index in [2.05, 4.69) is 10.2 Å². The van der Waals surface area contributed by atoms with Crippen LogP contribution in [0.2, 0.25) is 0 Å². The number of hydrogen-bond donors (Lipinski definition) is 3. The lowest BCUT2D eigenvalue weighted by molar-refractivity contribution is 0.100. The van der Waals surface area contributed by atoms with E-state index in [1.807, 2.05) is 6.07 Å². The number of anilines is 2. The molecular weight excluding hydrogens is 240 g/mol. The van der Waals surface area contributed by atoms with Gasteiger partial charge in [0.2, 0.25) is 0 Å². The van der Waals surface area contributed by atoms with Crippen LogP contribution >= 0.6 is 0 Å². The normalized spacial score (nSPS) is 26.3. The van der Waals surface area contributed by atoms with E-state index < -0.39 is 5.91 Å². The van der Waals surface area contributed by atoms with Gasteiger partial charge >= 0.3 is 0 Å². The highest BCUT2D eigenvalue weighted by Gasteiger charge is 2.36. The molecule has 2 heterocycles. The highest BCUT2D eigenvalue weighted by atomic mass is 16.1. The van der Waals surface area contributed by atoms with Crippen molar-refractivity contribution in [3.05, 3.63) is 23.8 Å². The van der Waals surface area contributed by atoms with Gasteiger partial charge in [-0.25, -0.2) is 0 Å². The van der Waals surface area contributed by atoms with Crippen molar-refractivity contribution in [2.24, 2.45) is 5.73 Å². The Kier molecular flexibility index (Phi) is 3.06. The lowest BCUT2D eigenvalue weighted by Gasteiger charge is -2.22. The summed E-state index contributed by atoms with van der Waals surface area (Å²) in [5.74, 6) is -0.477. The number of benzene rings is 1. The molecule has 1 amide bonds. The van der Waals surface area contributed by atoms with Gasteiger partial charge in [-0.05, 0) is 44.0 Å². The fourth-order valence-corrected chi connectivity index (χ4v) is 3.32. The molecule has 2 saturated heterocycles. The topological polar surface area (TPSA) is 84.4 Å². The second-order valence-corrected chi connectivity index (χ2v) is 5.45. The average molecular weight is 260 g/mol. The molecule has 102 valence electrons. The Bertz CT molecular complexity index is 502. The van der Waals surface area contributed by atoms with Crippen molar-refractivity contribution in [1.29, 1.82) is 0 Å². The Morgan fingerprint density at radius 3 is 2.95 bits per heavy atom. The average Bonchev–Trinajstić information content (AvgIpc) is 2.96. The number of hydrogen-bond acceptors (Lipinski definition) is 4. The van der Waals surface area contributed by atoms with Crippen LogP contribution in [-0.2, 0) is 0 Å². The van der Waals surface area contributed by atoms with Crippen molar-refractivity contribution in [1.82, 2.24) is 4.90 Å². The predicted molar refractivity (Wildman–Crippen MR) is 76.0 cm³/mol. The van der Waals surface area contributed by atoms with E-state index in [0.29, 0.717) is 23.3 Å². The molecule has 2 atom stereocenters. The lowest BCUT2D eigenvalue weighted by atomic mass is 10.1. The van der Waals surface area contributed by atoms with E-state index >= 15 is 0 Å². The highest BCUT2D eigenvalue weighted by molar-refractivity contribution is 5.98. The molecule has 0 radical (unpaired) electrons. The molecule has 1 aromatic carbocycles. The zero-order valence-corrected chi connectivity index (χ0v) is 10.9. The summed E-state index contributed by atoms with van der Waals surface area (Å²) in [5.41, 5.74) is 12.8. The van der Waals surface area contributed by atoms with Crippen molar-refractivity contribution in [3.8, 4) is 0 Å². The first kappa shape index (κ1) is 12.3. The van der Waals surface area contributed by atoms with Crippen LogP contribution in [0.3, 0.4) is 0 Å². The number of nitrogens with one attached hydrogen (secondary N) is 1. The van der Waals surface area contributed by atoms with Crippen molar-refractivity contribution in [3.63, 3.8) is 0 Å². The Balaban J connectivity index is 1.76. The largest absolute Gasteiger partial charge is 0.398 e. The molecule has 1 aromatic rings. The Hall–Kier alpha value is -1.75. The molecule has 0 saturated carbocycles. The van der Waals surface area contributed by atoms with Crippen molar-refractivity contribution in [2.75, 3.05) is 24.1 Å². The number of fused-ring (bicyclic) bond motifs is 1. The van der Waals surface area contributed by atoms with Gasteiger partial charge in [0.05, 0.1) is 5.56 Å². The number of carbonyl (C=O) groups excluding carboxylic acids is 1. The zero-order valence-electron chi connectivity index (χ0n) is 10.9. The van der Waals surface area contributed by atoms with Crippen LogP contribution in [0.15, 0.2) is 18.2 Å². The molecule has 5 heteroatoms. The molecule has 19 heavy (non-hydrogen) atoms. The van der Waals surface area contributed by atoms with Crippen LogP contribution in [0.25, 0.3) is 0 Å². The minimum absolute atomic E-state index is 0.395. The quantitative estimate of drug-likeness (QED) is 0.708. The standard InChI is InChI=1S/C14H20N4O/c15-11-4-3-9(8-10(11)14(16)19)17-12-5-7-18-6-1-2-13(12)18/h3-4,8,12-13,17H,1-2,5-7,15H2,(H2,16,19). The van der Waals surface area contributed by atoms with Gasteiger partial charge in [0.25, 0.3) is 5.91 Å². The number of rotatable bonds is 3. The number of carbonyl (C=O) groups is 1. The molecule has 2 aliphatic rings. The van der Waals surface area contributed by atoms with Gasteiger partial charge in [-0.2, -0.15) is 0 Å². The van der Waals surface area contributed by atoms with E-state index in [9.17, 15) is 4.79 Å². The smallest absolute Gasteiger partial charge is 0.250 e. The van der Waals surface area contributed by atoms with Gasteiger partial charge in [-0.15, -0.1) is 0 Å². The van der Waals surface area contributed by atoms with Gasteiger partial charge in [0.15, 0.2) is 0 Å². The molecule has 2 unspecified atom stereocenters. The van der Waals surface area contributed by atoms with Crippen LogP contribution < -0.4 is 16.8 Å². The second kappa shape index (κ2) is 4.74. The molecule has 0 aromatic heterocycles. The first-order valence-electron chi connectivity index (χ1n) is 6.85. The van der Waals surface area contributed by atoms with Gasteiger partial charge < -0.3 is 16.8 Å².